The Kier molecular flexibility index (Phi) is 4.25. The molecular formula is C22H26N4O. The molecule has 0 radical (unpaired) electrons. The third-order valence-corrected chi connectivity index (χ3v) is 5.86. The largest absolute Gasteiger partial charge is 0.351 e. The standard InChI is InChI=1S/C22H26N4O/c1-14-5-6-19-18(11-14)20(15(2)16(3)25-19)21(27)24-12-22(7-8-22)13-26-10-9-23-17(26)4/h5-6,9-11H,7-8,12-13H2,1-4H3,(H,24,27). The van der Waals surface area contributed by atoms with Crippen LogP contribution in [0.25, 0.3) is 10.9 Å². The predicted octanol–water partition coefficient (Wildman–Crippen LogP) is 3.88. The van der Waals surface area contributed by atoms with E-state index < -0.39 is 0 Å². The molecule has 0 atom stereocenters. The van der Waals surface area contributed by atoms with Gasteiger partial charge in [-0.25, -0.2) is 4.98 Å². The number of carbonyl (C=O) groups is 1. The minimum atomic E-state index is 0.00206. The topological polar surface area (TPSA) is 59.8 Å². The summed E-state index contributed by atoms with van der Waals surface area (Å²) in [6.45, 7) is 9.62. The molecule has 1 N–H and O–H groups in total. The van der Waals surface area contributed by atoms with Crippen molar-refractivity contribution in [2.75, 3.05) is 6.54 Å². The number of amides is 1. The van der Waals surface area contributed by atoms with Gasteiger partial charge in [-0.05, 0) is 58.2 Å². The van der Waals surface area contributed by atoms with Crippen LogP contribution in [-0.4, -0.2) is 27.0 Å². The molecule has 1 aliphatic carbocycles. The molecule has 0 bridgehead atoms. The Hall–Kier alpha value is -2.69. The number of hydrogen-bond donors (Lipinski definition) is 1. The van der Waals surface area contributed by atoms with Crippen molar-refractivity contribution in [1.82, 2.24) is 19.9 Å². The van der Waals surface area contributed by atoms with E-state index >= 15 is 0 Å². The third kappa shape index (κ3) is 3.34. The molecule has 0 aliphatic heterocycles. The second-order valence-electron chi connectivity index (χ2n) is 8.00. The fourth-order valence-electron chi connectivity index (χ4n) is 3.74. The van der Waals surface area contributed by atoms with Gasteiger partial charge >= 0.3 is 0 Å². The highest BCUT2D eigenvalue weighted by molar-refractivity contribution is 6.07. The number of imidazole rings is 1. The van der Waals surface area contributed by atoms with Gasteiger partial charge in [-0.3, -0.25) is 9.78 Å². The van der Waals surface area contributed by atoms with E-state index in [0.29, 0.717) is 6.54 Å². The number of aryl methyl sites for hydroxylation is 3. The minimum Gasteiger partial charge on any atom is -0.351 e. The first-order valence-corrected chi connectivity index (χ1v) is 9.52. The molecule has 1 aliphatic rings. The van der Waals surface area contributed by atoms with E-state index in [2.05, 4.69) is 25.9 Å². The Morgan fingerprint density at radius 3 is 2.67 bits per heavy atom. The second kappa shape index (κ2) is 6.48. The fraction of sp³-hybridized carbons (Fsp3) is 0.409. The molecule has 3 aromatic rings. The van der Waals surface area contributed by atoms with Gasteiger partial charge in [0, 0.05) is 42.0 Å². The van der Waals surface area contributed by atoms with Crippen LogP contribution >= 0.6 is 0 Å². The molecular weight excluding hydrogens is 336 g/mol. The molecule has 1 fully saturated rings. The highest BCUT2D eigenvalue weighted by Crippen LogP contribution is 2.46. The lowest BCUT2D eigenvalue weighted by atomic mass is 9.99. The van der Waals surface area contributed by atoms with E-state index in [1.165, 1.54) is 0 Å². The third-order valence-electron chi connectivity index (χ3n) is 5.86. The van der Waals surface area contributed by atoms with Gasteiger partial charge in [0.2, 0.25) is 0 Å². The zero-order chi connectivity index (χ0) is 19.2. The number of nitrogens with zero attached hydrogens (tertiary/aromatic N) is 3. The molecule has 1 saturated carbocycles. The fourth-order valence-corrected chi connectivity index (χ4v) is 3.74. The number of fused-ring (bicyclic) bond motifs is 1. The molecule has 140 valence electrons. The molecule has 2 aromatic heterocycles. The van der Waals surface area contributed by atoms with E-state index in [-0.39, 0.29) is 11.3 Å². The van der Waals surface area contributed by atoms with Crippen LogP contribution in [0.5, 0.6) is 0 Å². The summed E-state index contributed by atoms with van der Waals surface area (Å²) in [5.74, 6) is 1.02. The van der Waals surface area contributed by atoms with Crippen molar-refractivity contribution in [2.45, 2.75) is 47.1 Å². The molecule has 2 heterocycles. The van der Waals surface area contributed by atoms with Gasteiger partial charge in [-0.1, -0.05) is 11.6 Å². The van der Waals surface area contributed by atoms with Crippen molar-refractivity contribution in [1.29, 1.82) is 0 Å². The smallest absolute Gasteiger partial charge is 0.252 e. The molecule has 5 nitrogen and oxygen atoms in total. The molecule has 4 rings (SSSR count). The number of hydrogen-bond acceptors (Lipinski definition) is 3. The molecule has 0 unspecified atom stereocenters. The maximum absolute atomic E-state index is 13.1. The normalized spacial score (nSPS) is 15.1. The van der Waals surface area contributed by atoms with Gasteiger partial charge in [-0.15, -0.1) is 0 Å². The van der Waals surface area contributed by atoms with Crippen LogP contribution in [0.15, 0.2) is 30.6 Å². The average molecular weight is 362 g/mol. The first kappa shape index (κ1) is 17.7. The zero-order valence-corrected chi connectivity index (χ0v) is 16.5. The summed E-state index contributed by atoms with van der Waals surface area (Å²) in [5.41, 5.74) is 4.80. The van der Waals surface area contributed by atoms with E-state index in [9.17, 15) is 4.79 Å². The van der Waals surface area contributed by atoms with Crippen molar-refractivity contribution >= 4 is 16.8 Å². The molecule has 0 saturated heterocycles. The molecule has 1 aromatic carbocycles. The van der Waals surface area contributed by atoms with E-state index in [1.807, 2.05) is 52.2 Å². The lowest BCUT2D eigenvalue weighted by molar-refractivity contribution is 0.0943. The number of rotatable bonds is 5. The van der Waals surface area contributed by atoms with Crippen LogP contribution < -0.4 is 5.32 Å². The Bertz CT molecular complexity index is 1030. The number of aromatic nitrogens is 3. The number of carbonyl (C=O) groups excluding carboxylic acids is 1. The minimum absolute atomic E-state index is 0.00206. The molecule has 27 heavy (non-hydrogen) atoms. The lowest BCUT2D eigenvalue weighted by Crippen LogP contribution is -2.33. The van der Waals surface area contributed by atoms with Gasteiger partial charge in [0.05, 0.1) is 11.1 Å². The number of benzene rings is 1. The van der Waals surface area contributed by atoms with Crippen molar-refractivity contribution < 1.29 is 4.79 Å². The van der Waals surface area contributed by atoms with Crippen molar-refractivity contribution in [3.05, 3.63) is 58.8 Å². The Morgan fingerprint density at radius 2 is 2.00 bits per heavy atom. The number of pyridine rings is 1. The highest BCUT2D eigenvalue weighted by atomic mass is 16.1. The Labute approximate surface area is 159 Å². The summed E-state index contributed by atoms with van der Waals surface area (Å²) in [5, 5.41) is 4.15. The SMILES string of the molecule is Cc1ccc2nc(C)c(C)c(C(=O)NCC3(Cn4ccnc4C)CC3)c2c1. The maximum Gasteiger partial charge on any atom is 0.252 e. The summed E-state index contributed by atoms with van der Waals surface area (Å²) in [6, 6.07) is 6.10. The van der Waals surface area contributed by atoms with Gasteiger partial charge in [0.25, 0.3) is 5.91 Å². The van der Waals surface area contributed by atoms with E-state index in [1.54, 1.807) is 0 Å². The first-order chi connectivity index (χ1) is 12.9. The van der Waals surface area contributed by atoms with Gasteiger partial charge in [0.1, 0.15) is 5.82 Å². The molecule has 5 heteroatoms. The van der Waals surface area contributed by atoms with Gasteiger partial charge in [0.15, 0.2) is 0 Å². The van der Waals surface area contributed by atoms with E-state index in [4.69, 9.17) is 0 Å². The highest BCUT2D eigenvalue weighted by Gasteiger charge is 2.43. The van der Waals surface area contributed by atoms with Crippen LogP contribution in [0, 0.1) is 33.1 Å². The maximum atomic E-state index is 13.1. The van der Waals surface area contributed by atoms with Crippen molar-refractivity contribution in [2.24, 2.45) is 5.41 Å². The van der Waals surface area contributed by atoms with Gasteiger partial charge in [-0.2, -0.15) is 0 Å². The average Bonchev–Trinajstić information content (AvgIpc) is 3.29. The van der Waals surface area contributed by atoms with Crippen LogP contribution in [-0.2, 0) is 6.54 Å². The summed E-state index contributed by atoms with van der Waals surface area (Å²) in [4.78, 5) is 22.1. The summed E-state index contributed by atoms with van der Waals surface area (Å²) < 4.78 is 2.18. The quantitative estimate of drug-likeness (QED) is 0.749. The number of nitrogens with one attached hydrogen (secondary N) is 1. The predicted molar refractivity (Wildman–Crippen MR) is 107 cm³/mol. The van der Waals surface area contributed by atoms with Crippen molar-refractivity contribution in [3.63, 3.8) is 0 Å². The Balaban J connectivity index is 1.58. The first-order valence-electron chi connectivity index (χ1n) is 9.52. The summed E-state index contributed by atoms with van der Waals surface area (Å²) in [7, 11) is 0. The summed E-state index contributed by atoms with van der Waals surface area (Å²) in [6.07, 6.45) is 6.13. The molecule has 0 spiro atoms. The van der Waals surface area contributed by atoms with Crippen LogP contribution in [0.4, 0.5) is 0 Å². The zero-order valence-electron chi connectivity index (χ0n) is 16.5. The monoisotopic (exact) mass is 362 g/mol. The summed E-state index contributed by atoms with van der Waals surface area (Å²) >= 11 is 0. The lowest BCUT2D eigenvalue weighted by Gasteiger charge is -2.19. The van der Waals surface area contributed by atoms with Gasteiger partial charge < -0.3 is 9.88 Å². The second-order valence-corrected chi connectivity index (χ2v) is 8.00. The van der Waals surface area contributed by atoms with E-state index in [0.717, 1.165) is 58.5 Å². The Morgan fingerprint density at radius 1 is 1.22 bits per heavy atom. The van der Waals surface area contributed by atoms with Crippen LogP contribution in [0.3, 0.4) is 0 Å². The van der Waals surface area contributed by atoms with Crippen molar-refractivity contribution in [3.8, 4) is 0 Å². The van der Waals surface area contributed by atoms with Crippen LogP contribution in [0.1, 0.15) is 45.8 Å². The molecule has 1 amide bonds. The van der Waals surface area contributed by atoms with Crippen LogP contribution in [0.2, 0.25) is 0 Å².